The van der Waals surface area contributed by atoms with Crippen LogP contribution in [-0.2, 0) is 9.59 Å². The van der Waals surface area contributed by atoms with Crippen LogP contribution in [0.5, 0.6) is 5.75 Å². The van der Waals surface area contributed by atoms with Gasteiger partial charge in [0.05, 0.1) is 4.92 Å². The molecular formula is C18H13ClN4O6. The summed E-state index contributed by atoms with van der Waals surface area (Å²) in [5.74, 6) is -1.57. The number of nitrogens with zero attached hydrogens (tertiary/aromatic N) is 2. The lowest BCUT2D eigenvalue weighted by Gasteiger charge is -2.11. The molecule has 148 valence electrons. The van der Waals surface area contributed by atoms with Crippen molar-refractivity contribution in [3.8, 4) is 5.75 Å². The number of nitrogens with one attached hydrogen (secondary N) is 2. The second-order valence-electron chi connectivity index (χ2n) is 5.93. The molecule has 1 heterocycles. The number of phenols is 1. The normalized spacial score (nSPS) is 14.8. The number of benzene rings is 2. The molecule has 1 aliphatic heterocycles. The molecule has 4 amide bonds. The number of nitro benzene ring substituents is 1. The Morgan fingerprint density at radius 1 is 1.24 bits per heavy atom. The van der Waals surface area contributed by atoms with E-state index >= 15 is 0 Å². The zero-order valence-electron chi connectivity index (χ0n) is 14.6. The van der Waals surface area contributed by atoms with Gasteiger partial charge in [-0.05, 0) is 36.4 Å². The zero-order valence-corrected chi connectivity index (χ0v) is 15.3. The molecule has 2 aromatic rings. The number of imide groups is 1. The Kier molecular flexibility index (Phi) is 5.46. The molecule has 10 nitrogen and oxygen atoms in total. The van der Waals surface area contributed by atoms with Crippen molar-refractivity contribution >= 4 is 46.9 Å². The minimum Gasteiger partial charge on any atom is -0.507 e. The van der Waals surface area contributed by atoms with Crippen molar-refractivity contribution in [3.63, 3.8) is 0 Å². The molecule has 0 aliphatic carbocycles. The average Bonchev–Trinajstić information content (AvgIpc) is 2.92. The number of halogens is 1. The Hall–Kier alpha value is -3.92. The van der Waals surface area contributed by atoms with Gasteiger partial charge in [-0.3, -0.25) is 19.7 Å². The van der Waals surface area contributed by atoms with E-state index in [4.69, 9.17) is 11.6 Å². The molecule has 3 N–H and O–H groups in total. The third kappa shape index (κ3) is 4.50. The van der Waals surface area contributed by atoms with Gasteiger partial charge in [0.25, 0.3) is 11.6 Å². The van der Waals surface area contributed by atoms with Crippen molar-refractivity contribution in [2.45, 2.75) is 0 Å². The van der Waals surface area contributed by atoms with Gasteiger partial charge in [0.15, 0.2) is 0 Å². The lowest BCUT2D eigenvalue weighted by Crippen LogP contribution is -2.38. The minimum absolute atomic E-state index is 0.129. The maximum Gasteiger partial charge on any atom is 0.329 e. The molecule has 1 aliphatic rings. The highest BCUT2D eigenvalue weighted by molar-refractivity contribution is 6.30. The lowest BCUT2D eigenvalue weighted by atomic mass is 10.1. The van der Waals surface area contributed by atoms with Crippen molar-refractivity contribution in [2.24, 2.45) is 0 Å². The Morgan fingerprint density at radius 3 is 2.59 bits per heavy atom. The number of anilines is 1. The highest BCUT2D eigenvalue weighted by Gasteiger charge is 2.35. The Bertz CT molecular complexity index is 1050. The molecule has 1 fully saturated rings. The van der Waals surface area contributed by atoms with E-state index in [2.05, 4.69) is 10.6 Å². The summed E-state index contributed by atoms with van der Waals surface area (Å²) in [5.41, 5.74) is 0.220. The van der Waals surface area contributed by atoms with Gasteiger partial charge in [-0.25, -0.2) is 9.69 Å². The van der Waals surface area contributed by atoms with Gasteiger partial charge in [0, 0.05) is 28.4 Å². The van der Waals surface area contributed by atoms with E-state index in [0.29, 0.717) is 9.92 Å². The molecule has 0 aromatic heterocycles. The number of phenolic OH excluding ortho intramolecular Hbond substituents is 1. The highest BCUT2D eigenvalue weighted by atomic mass is 35.5. The minimum atomic E-state index is -0.804. The maximum atomic E-state index is 12.4. The standard InChI is InChI=1S/C18H13ClN4O6/c19-11-1-6-15(24)10(7-11)8-14-17(26)22(18(27)21-14)9-16(25)20-12-2-4-13(5-3-12)23(28)29/h1-8,24H,9H2,(H,20,25)(H,21,27)/b14-8-. The Balaban J connectivity index is 1.69. The van der Waals surface area contributed by atoms with Gasteiger partial charge in [-0.15, -0.1) is 0 Å². The Labute approximate surface area is 168 Å². The first kappa shape index (κ1) is 19.8. The van der Waals surface area contributed by atoms with Gasteiger partial charge in [-0.2, -0.15) is 0 Å². The van der Waals surface area contributed by atoms with Crippen molar-refractivity contribution in [2.75, 3.05) is 11.9 Å². The number of nitro groups is 1. The van der Waals surface area contributed by atoms with Crippen LogP contribution in [0.3, 0.4) is 0 Å². The summed E-state index contributed by atoms with van der Waals surface area (Å²) in [6.45, 7) is -0.569. The molecule has 0 bridgehead atoms. The third-order valence-corrected chi connectivity index (χ3v) is 4.15. The predicted octanol–water partition coefficient (Wildman–Crippen LogP) is 2.49. The SMILES string of the molecule is O=C(CN1C(=O)N/C(=C\c2cc(Cl)ccc2O)C1=O)Nc1ccc([N+](=O)[O-])cc1. The van der Waals surface area contributed by atoms with E-state index < -0.39 is 29.3 Å². The topological polar surface area (TPSA) is 142 Å². The van der Waals surface area contributed by atoms with E-state index in [0.717, 1.165) is 0 Å². The monoisotopic (exact) mass is 416 g/mol. The number of carbonyl (C=O) groups excluding carboxylic acids is 3. The zero-order chi connectivity index (χ0) is 21.1. The number of non-ortho nitro benzene ring substituents is 1. The molecule has 0 unspecified atom stereocenters. The van der Waals surface area contributed by atoms with Crippen LogP contribution in [-0.4, -0.2) is 39.3 Å². The largest absolute Gasteiger partial charge is 0.507 e. The highest BCUT2D eigenvalue weighted by Crippen LogP contribution is 2.25. The summed E-state index contributed by atoms with van der Waals surface area (Å²) in [7, 11) is 0. The average molecular weight is 417 g/mol. The molecule has 0 saturated carbocycles. The van der Waals surface area contributed by atoms with Gasteiger partial charge >= 0.3 is 6.03 Å². The van der Waals surface area contributed by atoms with Gasteiger partial charge in [0.1, 0.15) is 18.0 Å². The fourth-order valence-electron chi connectivity index (χ4n) is 2.52. The van der Waals surface area contributed by atoms with Crippen LogP contribution in [0.1, 0.15) is 5.56 Å². The number of amides is 4. The van der Waals surface area contributed by atoms with Crippen molar-refractivity contribution in [3.05, 3.63) is 68.9 Å². The first-order valence-electron chi connectivity index (χ1n) is 8.12. The molecule has 3 rings (SSSR count). The van der Waals surface area contributed by atoms with E-state index in [1.54, 1.807) is 0 Å². The molecule has 0 spiro atoms. The number of rotatable bonds is 5. The summed E-state index contributed by atoms with van der Waals surface area (Å²) in [6.07, 6.45) is 1.25. The van der Waals surface area contributed by atoms with E-state index in [9.17, 15) is 29.6 Å². The molecule has 0 atom stereocenters. The molecule has 0 radical (unpaired) electrons. The summed E-state index contributed by atoms with van der Waals surface area (Å²) < 4.78 is 0. The molecule has 11 heteroatoms. The number of carbonyl (C=O) groups is 3. The van der Waals surface area contributed by atoms with Crippen LogP contribution in [0, 0.1) is 10.1 Å². The summed E-state index contributed by atoms with van der Waals surface area (Å²) in [6, 6.07) is 8.48. The summed E-state index contributed by atoms with van der Waals surface area (Å²) in [5, 5.41) is 25.6. The van der Waals surface area contributed by atoms with Crippen molar-refractivity contribution < 1.29 is 24.4 Å². The van der Waals surface area contributed by atoms with Gasteiger partial charge in [0.2, 0.25) is 5.91 Å². The maximum absolute atomic E-state index is 12.4. The van der Waals surface area contributed by atoms with Crippen molar-refractivity contribution in [1.29, 1.82) is 0 Å². The van der Waals surface area contributed by atoms with E-state index in [1.807, 2.05) is 0 Å². The van der Waals surface area contributed by atoms with Crippen LogP contribution in [0.15, 0.2) is 48.2 Å². The molecule has 1 saturated heterocycles. The van der Waals surface area contributed by atoms with E-state index in [1.165, 1.54) is 48.5 Å². The van der Waals surface area contributed by atoms with Crippen molar-refractivity contribution in [1.82, 2.24) is 10.2 Å². The first-order chi connectivity index (χ1) is 13.7. The van der Waals surface area contributed by atoms with Crippen LogP contribution < -0.4 is 10.6 Å². The summed E-state index contributed by atoms with van der Waals surface area (Å²) >= 11 is 5.86. The second-order valence-corrected chi connectivity index (χ2v) is 6.37. The third-order valence-electron chi connectivity index (χ3n) is 3.92. The fraction of sp³-hybridized carbons (Fsp3) is 0.0556. The number of aromatic hydroxyl groups is 1. The predicted molar refractivity (Wildman–Crippen MR) is 103 cm³/mol. The van der Waals surface area contributed by atoms with Crippen LogP contribution >= 0.6 is 11.6 Å². The van der Waals surface area contributed by atoms with Gasteiger partial charge in [-0.1, -0.05) is 11.6 Å². The first-order valence-corrected chi connectivity index (χ1v) is 8.50. The molecule has 29 heavy (non-hydrogen) atoms. The number of hydrogen-bond donors (Lipinski definition) is 3. The lowest BCUT2D eigenvalue weighted by molar-refractivity contribution is -0.384. The quantitative estimate of drug-likeness (QED) is 0.296. The number of hydrogen-bond acceptors (Lipinski definition) is 6. The van der Waals surface area contributed by atoms with Crippen LogP contribution in [0.4, 0.5) is 16.2 Å². The second kappa shape index (κ2) is 7.98. The smallest absolute Gasteiger partial charge is 0.329 e. The summed E-state index contributed by atoms with van der Waals surface area (Å²) in [4.78, 5) is 47.4. The molecular weight excluding hydrogens is 404 g/mol. The Morgan fingerprint density at radius 2 is 1.93 bits per heavy atom. The fourth-order valence-corrected chi connectivity index (χ4v) is 2.70. The number of urea groups is 1. The van der Waals surface area contributed by atoms with Crippen LogP contribution in [0.25, 0.3) is 6.08 Å². The molecule has 2 aromatic carbocycles. The van der Waals surface area contributed by atoms with Crippen LogP contribution in [0.2, 0.25) is 5.02 Å². The van der Waals surface area contributed by atoms with E-state index in [-0.39, 0.29) is 28.4 Å². The van der Waals surface area contributed by atoms with Gasteiger partial charge < -0.3 is 15.7 Å².